The Kier molecular flexibility index (Phi) is 6.56. The Labute approximate surface area is 180 Å². The number of hydrogen-bond donors (Lipinski definition) is 4. The zero-order chi connectivity index (χ0) is 22.8. The van der Waals surface area contributed by atoms with E-state index >= 15 is 0 Å². The maximum atomic E-state index is 12.6. The topological polar surface area (TPSA) is 164 Å². The van der Waals surface area contributed by atoms with Crippen LogP contribution in [0.4, 0.5) is 11.8 Å². The minimum atomic E-state index is -0.640. The number of nitrogens with zero attached hydrogens (tertiary/aromatic N) is 5. The Balaban J connectivity index is 1.97. The fraction of sp³-hybridized carbons (Fsp3) is 0.550. The Bertz CT molecular complexity index is 978. The molecule has 0 aliphatic carbocycles. The third-order valence-corrected chi connectivity index (χ3v) is 5.53. The van der Waals surface area contributed by atoms with Gasteiger partial charge in [0.1, 0.15) is 5.52 Å². The summed E-state index contributed by atoms with van der Waals surface area (Å²) in [6.07, 6.45) is 3.53. The third kappa shape index (κ3) is 4.83. The number of anilines is 2. The Morgan fingerprint density at radius 3 is 2.71 bits per heavy atom. The van der Waals surface area contributed by atoms with Crippen molar-refractivity contribution in [2.45, 2.75) is 51.7 Å². The van der Waals surface area contributed by atoms with Crippen LogP contribution in [0.1, 0.15) is 50.4 Å². The first-order valence-corrected chi connectivity index (χ1v) is 10.3. The number of amides is 2. The predicted octanol–water partition coefficient (Wildman–Crippen LogP) is 0.189. The predicted molar refractivity (Wildman–Crippen MR) is 117 cm³/mol. The van der Waals surface area contributed by atoms with E-state index in [1.165, 1.54) is 23.0 Å². The fourth-order valence-electron chi connectivity index (χ4n) is 3.53. The number of aromatic nitrogens is 3. The Hall–Kier alpha value is -3.05. The molecule has 0 spiro atoms. The molecule has 11 nitrogen and oxygen atoms in total. The van der Waals surface area contributed by atoms with Gasteiger partial charge in [-0.1, -0.05) is 19.8 Å². The maximum Gasteiger partial charge on any atom is 0.255 e. The van der Waals surface area contributed by atoms with Crippen LogP contribution in [0.5, 0.6) is 0 Å². The quantitative estimate of drug-likeness (QED) is 0.338. The summed E-state index contributed by atoms with van der Waals surface area (Å²) >= 11 is 0. The van der Waals surface area contributed by atoms with Crippen LogP contribution < -0.4 is 21.9 Å². The number of β-amino-alcohol motifs (C(OH)–C–C–N with tert-alkyl or cyclic N) is 1. The molecule has 11 heteroatoms. The molecule has 2 amide bonds. The van der Waals surface area contributed by atoms with Crippen LogP contribution in [-0.2, 0) is 4.79 Å². The van der Waals surface area contributed by atoms with Gasteiger partial charge in [0.15, 0.2) is 5.82 Å². The van der Waals surface area contributed by atoms with Gasteiger partial charge in [0.05, 0.1) is 22.7 Å². The van der Waals surface area contributed by atoms with Crippen LogP contribution in [0.3, 0.4) is 0 Å². The molecule has 6 N–H and O–H groups in total. The first-order chi connectivity index (χ1) is 14.6. The van der Waals surface area contributed by atoms with Gasteiger partial charge in [-0.2, -0.15) is 4.98 Å². The molecule has 2 aromatic heterocycles. The minimum absolute atomic E-state index is 0.00101. The molecular weight excluding hydrogens is 400 g/mol. The number of hydrogen-bond acceptors (Lipinski definition) is 9. The van der Waals surface area contributed by atoms with Crippen molar-refractivity contribution in [2.24, 2.45) is 5.84 Å². The monoisotopic (exact) mass is 430 g/mol. The minimum Gasteiger partial charge on any atom is -0.389 e. The SMILES string of the molecule is CCCC[C@](C)(CNC(C)=O)N(N)c1nc(N)nc2cc(C(=O)N3CC(O)C3)cnc12. The van der Waals surface area contributed by atoms with Crippen molar-refractivity contribution in [3.63, 3.8) is 0 Å². The maximum absolute atomic E-state index is 12.6. The van der Waals surface area contributed by atoms with Gasteiger partial charge in [-0.15, -0.1) is 0 Å². The number of pyridine rings is 1. The number of carbonyl (C=O) groups is 2. The number of carbonyl (C=O) groups excluding carboxylic acids is 2. The van der Waals surface area contributed by atoms with Crippen LogP contribution >= 0.6 is 0 Å². The summed E-state index contributed by atoms with van der Waals surface area (Å²) in [4.78, 5) is 38.6. The summed E-state index contributed by atoms with van der Waals surface area (Å²) in [5.41, 5.74) is 6.44. The molecule has 1 aliphatic heterocycles. The number of fused-ring (bicyclic) bond motifs is 1. The first-order valence-electron chi connectivity index (χ1n) is 10.3. The summed E-state index contributed by atoms with van der Waals surface area (Å²) in [6.45, 7) is 6.38. The standard InChI is InChI=1S/C20H30N8O3/c1-4-5-6-20(3,11-24-12(2)29)28(22)17-16-15(25-19(21)26-17)7-13(8-23-16)18(31)27-9-14(30)10-27/h7-8,14,30H,4-6,9-11,22H2,1-3H3,(H,24,29)(H2,21,25,26)/t20-/m1/s1. The number of nitrogens with two attached hydrogens (primary N) is 2. The zero-order valence-electron chi connectivity index (χ0n) is 18.1. The van der Waals surface area contributed by atoms with Gasteiger partial charge in [0.2, 0.25) is 11.9 Å². The van der Waals surface area contributed by atoms with Crippen molar-refractivity contribution >= 4 is 34.6 Å². The van der Waals surface area contributed by atoms with Crippen LogP contribution in [0, 0.1) is 0 Å². The van der Waals surface area contributed by atoms with E-state index in [2.05, 4.69) is 27.2 Å². The lowest BCUT2D eigenvalue weighted by Gasteiger charge is -2.39. The number of nitrogens with one attached hydrogen (secondary N) is 1. The van der Waals surface area contributed by atoms with Crippen molar-refractivity contribution in [1.29, 1.82) is 0 Å². The average molecular weight is 431 g/mol. The molecule has 31 heavy (non-hydrogen) atoms. The largest absolute Gasteiger partial charge is 0.389 e. The zero-order valence-corrected chi connectivity index (χ0v) is 18.1. The number of unbranched alkanes of at least 4 members (excludes halogenated alkanes) is 1. The van der Waals surface area contributed by atoms with Gasteiger partial charge < -0.3 is 21.1 Å². The molecule has 1 aliphatic rings. The Morgan fingerprint density at radius 2 is 2.10 bits per heavy atom. The molecule has 168 valence electrons. The average Bonchev–Trinajstić information content (AvgIpc) is 2.71. The van der Waals surface area contributed by atoms with E-state index in [0.29, 0.717) is 48.5 Å². The van der Waals surface area contributed by atoms with Gasteiger partial charge >= 0.3 is 0 Å². The fourth-order valence-corrected chi connectivity index (χ4v) is 3.53. The molecule has 0 saturated carbocycles. The number of hydrazine groups is 1. The molecule has 1 fully saturated rings. The second kappa shape index (κ2) is 8.98. The van der Waals surface area contributed by atoms with E-state index in [1.54, 1.807) is 6.07 Å². The number of aliphatic hydroxyl groups excluding tert-OH is 1. The van der Waals surface area contributed by atoms with Gasteiger partial charge in [-0.05, 0) is 19.4 Å². The normalized spacial score (nSPS) is 16.0. The lowest BCUT2D eigenvalue weighted by Crippen LogP contribution is -2.57. The molecule has 3 rings (SSSR count). The van der Waals surface area contributed by atoms with Crippen LogP contribution in [-0.4, -0.2) is 68.0 Å². The molecule has 0 unspecified atom stereocenters. The van der Waals surface area contributed by atoms with Gasteiger partial charge in [0.25, 0.3) is 5.91 Å². The van der Waals surface area contributed by atoms with E-state index < -0.39 is 11.6 Å². The van der Waals surface area contributed by atoms with Crippen LogP contribution in [0.15, 0.2) is 12.3 Å². The molecule has 1 saturated heterocycles. The lowest BCUT2D eigenvalue weighted by atomic mass is 9.93. The van der Waals surface area contributed by atoms with Crippen molar-refractivity contribution in [2.75, 3.05) is 30.4 Å². The van der Waals surface area contributed by atoms with E-state index in [0.717, 1.165) is 12.8 Å². The van der Waals surface area contributed by atoms with Crippen molar-refractivity contribution < 1.29 is 14.7 Å². The second-order valence-electron chi connectivity index (χ2n) is 8.24. The number of rotatable bonds is 8. The highest BCUT2D eigenvalue weighted by Crippen LogP contribution is 2.29. The third-order valence-electron chi connectivity index (χ3n) is 5.53. The molecule has 2 aromatic rings. The van der Waals surface area contributed by atoms with Crippen molar-refractivity contribution in [1.82, 2.24) is 25.2 Å². The van der Waals surface area contributed by atoms with Crippen LogP contribution in [0.2, 0.25) is 0 Å². The Morgan fingerprint density at radius 1 is 1.39 bits per heavy atom. The van der Waals surface area contributed by atoms with Gasteiger partial charge in [0, 0.05) is 32.8 Å². The van der Waals surface area contributed by atoms with Crippen molar-refractivity contribution in [3.05, 3.63) is 17.8 Å². The molecule has 0 aromatic carbocycles. The van der Waals surface area contributed by atoms with Crippen molar-refractivity contribution in [3.8, 4) is 0 Å². The van der Waals surface area contributed by atoms with E-state index in [4.69, 9.17) is 11.6 Å². The highest BCUT2D eigenvalue weighted by Gasteiger charge is 2.33. The first kappa shape index (κ1) is 22.6. The van der Waals surface area contributed by atoms with Crippen LogP contribution in [0.25, 0.3) is 11.0 Å². The molecular formula is C20H30N8O3. The molecule has 0 radical (unpaired) electrons. The van der Waals surface area contributed by atoms with E-state index in [-0.39, 0.29) is 17.8 Å². The molecule has 0 bridgehead atoms. The van der Waals surface area contributed by atoms with Gasteiger partial charge in [-0.25, -0.2) is 15.8 Å². The number of likely N-dealkylation sites (tertiary alicyclic amines) is 1. The van der Waals surface area contributed by atoms with E-state index in [9.17, 15) is 14.7 Å². The summed E-state index contributed by atoms with van der Waals surface area (Å²) in [5.74, 6) is 6.46. The lowest BCUT2D eigenvalue weighted by molar-refractivity contribution is -0.119. The highest BCUT2D eigenvalue weighted by molar-refractivity contribution is 5.98. The number of nitrogen functional groups attached to an aromatic ring is 1. The smallest absolute Gasteiger partial charge is 0.255 e. The highest BCUT2D eigenvalue weighted by atomic mass is 16.3. The van der Waals surface area contributed by atoms with E-state index in [1.807, 2.05) is 6.92 Å². The summed E-state index contributed by atoms with van der Waals surface area (Å²) in [5, 5.41) is 13.8. The summed E-state index contributed by atoms with van der Waals surface area (Å²) in [6, 6.07) is 1.60. The number of aliphatic hydroxyl groups is 1. The van der Waals surface area contributed by atoms with Gasteiger partial charge in [-0.3, -0.25) is 14.6 Å². The summed E-state index contributed by atoms with van der Waals surface area (Å²) in [7, 11) is 0. The molecule has 3 heterocycles. The molecule has 1 atom stereocenters. The summed E-state index contributed by atoms with van der Waals surface area (Å²) < 4.78 is 0. The second-order valence-corrected chi connectivity index (χ2v) is 8.24.